The molecule has 0 saturated heterocycles. The molecule has 86 heavy (non-hydrogen) atoms. The van der Waals surface area contributed by atoms with Gasteiger partial charge in [0.2, 0.25) is 0 Å². The van der Waals surface area contributed by atoms with Crippen LogP contribution in [0, 0.1) is 56.7 Å². The minimum absolute atomic E-state index is 0.0410. The van der Waals surface area contributed by atoms with Crippen LogP contribution in [0.25, 0.3) is 122 Å². The highest BCUT2D eigenvalue weighted by Gasteiger charge is 2.37. The van der Waals surface area contributed by atoms with Gasteiger partial charge in [-0.1, -0.05) is 84.9 Å². The largest absolute Gasteiger partial charge is 0.416 e. The highest BCUT2D eigenvalue weighted by Crippen LogP contribution is 2.46. The van der Waals surface area contributed by atoms with Crippen molar-refractivity contribution in [3.05, 3.63) is 263 Å². The van der Waals surface area contributed by atoms with E-state index >= 15 is 0 Å². The Morgan fingerprint density at radius 1 is 0.244 bits per heavy atom. The summed E-state index contributed by atoms with van der Waals surface area (Å²) in [6, 6.07) is 75.0. The van der Waals surface area contributed by atoms with Crippen LogP contribution >= 0.6 is 0 Å². The Hall–Kier alpha value is -12.0. The minimum atomic E-state index is -5.13. The maximum Gasteiger partial charge on any atom is 0.416 e. The standard InChI is InChI=1S/C73H37F6N7/c74-72(75,76)58-30-57(31-59(37-58)73(77,78)79)56-18-23-60(71(36-56)86-69-27-21-54(50-14-5-45(40-82)6-15-50)34-64(69)65-35-55(22-28-70(65)86)51-16-7-46(41-83)8-17-51)61-29-47(42-84)9-24-66(61)85-67-25-19-52(48-10-1-43(38-80)2-11-48)32-62(67)63-33-53(20-26-68(63)85)49-12-3-44(39-81)4-13-49/h1-37H. The normalized spacial score (nSPS) is 11.5. The Morgan fingerprint density at radius 2 is 0.535 bits per heavy atom. The molecular weight excluding hydrogens is 1090 g/mol. The van der Waals surface area contributed by atoms with Gasteiger partial charge < -0.3 is 9.13 Å². The van der Waals surface area contributed by atoms with Crippen LogP contribution in [-0.2, 0) is 12.4 Å². The van der Waals surface area contributed by atoms with Crippen LogP contribution in [-0.4, -0.2) is 9.13 Å². The molecule has 0 amide bonds. The summed E-state index contributed by atoms with van der Waals surface area (Å²) in [5.41, 5.74) is 10.3. The zero-order valence-corrected chi connectivity index (χ0v) is 44.8. The Bertz CT molecular complexity index is 4910. The third-order valence-corrected chi connectivity index (χ3v) is 15.7. The summed E-state index contributed by atoms with van der Waals surface area (Å²) in [6.07, 6.45) is -10.3. The third kappa shape index (κ3) is 9.46. The van der Waals surface area contributed by atoms with Gasteiger partial charge in [0.25, 0.3) is 0 Å². The fraction of sp³-hybridized carbons (Fsp3) is 0.0274. The van der Waals surface area contributed by atoms with E-state index in [1.54, 1.807) is 72.8 Å². The number of halogens is 6. The van der Waals surface area contributed by atoms with Gasteiger partial charge in [0.1, 0.15) is 0 Å². The first-order chi connectivity index (χ1) is 41.6. The molecule has 0 aliphatic heterocycles. The molecule has 7 nitrogen and oxygen atoms in total. The third-order valence-electron chi connectivity index (χ3n) is 15.7. The minimum Gasteiger partial charge on any atom is -0.309 e. The van der Waals surface area contributed by atoms with Crippen molar-refractivity contribution >= 4 is 43.6 Å². The summed E-state index contributed by atoms with van der Waals surface area (Å²) < 4.78 is 92.0. The van der Waals surface area contributed by atoms with Gasteiger partial charge in [-0.3, -0.25) is 0 Å². The van der Waals surface area contributed by atoms with Crippen molar-refractivity contribution in [2.24, 2.45) is 0 Å². The second kappa shape index (κ2) is 20.8. The van der Waals surface area contributed by atoms with E-state index in [-0.39, 0.29) is 22.8 Å². The second-order valence-electron chi connectivity index (χ2n) is 20.7. The molecule has 0 unspecified atom stereocenters. The lowest BCUT2D eigenvalue weighted by Gasteiger charge is -2.21. The van der Waals surface area contributed by atoms with Crippen LogP contribution < -0.4 is 0 Å². The molecule has 0 saturated carbocycles. The zero-order valence-electron chi connectivity index (χ0n) is 44.8. The smallest absolute Gasteiger partial charge is 0.309 e. The SMILES string of the molecule is N#Cc1ccc(-c2ccc3c(c2)c2cc(-c4ccc(C#N)cc4)ccc2n3-c2ccc(C#N)cc2-c2ccc(-c3cc(C(F)(F)F)cc(C(F)(F)F)c3)cc2-n2c3ccc(-c4ccc(C#N)cc4)cc3c3cc(-c4ccc(C#N)cc4)ccc32)cc1. The number of rotatable bonds is 8. The molecule has 0 fully saturated rings. The number of fused-ring (bicyclic) bond motifs is 6. The number of nitrogens with zero attached hydrogens (tertiary/aromatic N) is 7. The first-order valence-corrected chi connectivity index (χ1v) is 26.8. The van der Waals surface area contributed by atoms with E-state index < -0.39 is 23.5 Å². The van der Waals surface area contributed by atoms with E-state index in [9.17, 15) is 52.7 Å². The highest BCUT2D eigenvalue weighted by atomic mass is 19.4. The summed E-state index contributed by atoms with van der Waals surface area (Å²) in [5.74, 6) is 0. The molecular formula is C73H37F6N7. The summed E-state index contributed by atoms with van der Waals surface area (Å²) >= 11 is 0. The lowest BCUT2D eigenvalue weighted by molar-refractivity contribution is -0.143. The summed E-state index contributed by atoms with van der Waals surface area (Å²) in [4.78, 5) is 0. The van der Waals surface area contributed by atoms with Crippen LogP contribution in [0.5, 0.6) is 0 Å². The molecule has 13 rings (SSSR count). The van der Waals surface area contributed by atoms with Gasteiger partial charge in [-0.05, 0) is 195 Å². The molecule has 0 radical (unpaired) electrons. The number of benzene rings is 11. The number of hydrogen-bond donors (Lipinski definition) is 0. The van der Waals surface area contributed by atoms with E-state index in [0.717, 1.165) is 77.1 Å². The molecule has 0 aliphatic carbocycles. The molecule has 2 aromatic heterocycles. The number of nitriles is 5. The van der Waals surface area contributed by atoms with Crippen molar-refractivity contribution in [1.82, 2.24) is 9.13 Å². The first kappa shape index (κ1) is 53.4. The van der Waals surface area contributed by atoms with Crippen molar-refractivity contribution < 1.29 is 26.3 Å². The topological polar surface area (TPSA) is 129 Å². The molecule has 13 aromatic rings. The van der Waals surface area contributed by atoms with Gasteiger partial charge in [0, 0.05) is 32.7 Å². The lowest BCUT2D eigenvalue weighted by atomic mass is 9.93. The molecule has 0 bridgehead atoms. The molecule has 0 aliphatic rings. The van der Waals surface area contributed by atoms with Gasteiger partial charge in [-0.25, -0.2) is 0 Å². The maximum absolute atomic E-state index is 14.7. The van der Waals surface area contributed by atoms with Gasteiger partial charge >= 0.3 is 12.4 Å². The molecule has 0 atom stereocenters. The van der Waals surface area contributed by atoms with Crippen molar-refractivity contribution in [2.45, 2.75) is 12.4 Å². The van der Waals surface area contributed by atoms with Gasteiger partial charge in [0.05, 0.1) is 103 Å². The fourth-order valence-corrected chi connectivity index (χ4v) is 11.5. The van der Waals surface area contributed by atoms with Crippen molar-refractivity contribution in [2.75, 3.05) is 0 Å². The van der Waals surface area contributed by atoms with Crippen molar-refractivity contribution in [1.29, 1.82) is 26.3 Å². The average molecular weight is 1130 g/mol. The van der Waals surface area contributed by atoms with Crippen LogP contribution in [0.1, 0.15) is 38.9 Å². The number of aromatic nitrogens is 2. The zero-order chi connectivity index (χ0) is 59.6. The molecule has 0 spiro atoms. The molecule has 0 N–H and O–H groups in total. The van der Waals surface area contributed by atoms with Crippen molar-refractivity contribution in [3.8, 4) is 108 Å². The number of hydrogen-bond acceptors (Lipinski definition) is 5. The summed E-state index contributed by atoms with van der Waals surface area (Å²) in [6.45, 7) is 0. The molecule has 406 valence electrons. The predicted octanol–water partition coefficient (Wildman–Crippen LogP) is 19.3. The van der Waals surface area contributed by atoms with E-state index in [0.29, 0.717) is 67.9 Å². The van der Waals surface area contributed by atoms with E-state index in [2.05, 4.69) is 47.0 Å². The van der Waals surface area contributed by atoms with Crippen molar-refractivity contribution in [3.63, 3.8) is 0 Å². The van der Waals surface area contributed by atoms with Gasteiger partial charge in [-0.2, -0.15) is 52.7 Å². The Balaban J connectivity index is 1.12. The monoisotopic (exact) mass is 1130 g/mol. The quantitative estimate of drug-likeness (QED) is 0.140. The summed E-state index contributed by atoms with van der Waals surface area (Å²) in [7, 11) is 0. The maximum atomic E-state index is 14.7. The summed E-state index contributed by atoms with van der Waals surface area (Å²) in [5, 5.41) is 52.3. The molecule has 13 heteroatoms. The molecule has 2 heterocycles. The fourth-order valence-electron chi connectivity index (χ4n) is 11.5. The predicted molar refractivity (Wildman–Crippen MR) is 321 cm³/mol. The van der Waals surface area contributed by atoms with E-state index in [1.807, 2.05) is 120 Å². The van der Waals surface area contributed by atoms with Gasteiger partial charge in [0.15, 0.2) is 0 Å². The van der Waals surface area contributed by atoms with Crippen LogP contribution in [0.4, 0.5) is 26.3 Å². The van der Waals surface area contributed by atoms with Crippen LogP contribution in [0.3, 0.4) is 0 Å². The second-order valence-corrected chi connectivity index (χ2v) is 20.7. The number of alkyl halides is 6. The highest BCUT2D eigenvalue weighted by molar-refractivity contribution is 6.14. The first-order valence-electron chi connectivity index (χ1n) is 26.8. The Labute approximate surface area is 487 Å². The lowest BCUT2D eigenvalue weighted by Crippen LogP contribution is -2.11. The molecule has 11 aromatic carbocycles. The van der Waals surface area contributed by atoms with E-state index in [4.69, 9.17) is 0 Å². The van der Waals surface area contributed by atoms with Crippen LogP contribution in [0.2, 0.25) is 0 Å². The average Bonchev–Trinajstić information content (AvgIpc) is 1.71. The Morgan fingerprint density at radius 3 is 0.860 bits per heavy atom. The van der Waals surface area contributed by atoms with E-state index in [1.165, 1.54) is 6.07 Å². The van der Waals surface area contributed by atoms with Gasteiger partial charge in [-0.15, -0.1) is 0 Å². The van der Waals surface area contributed by atoms with Crippen LogP contribution in [0.15, 0.2) is 224 Å². The Kier molecular flexibility index (Phi) is 12.9.